The second-order valence-corrected chi connectivity index (χ2v) is 6.63. The van der Waals surface area contributed by atoms with E-state index in [1.165, 1.54) is 7.11 Å². The summed E-state index contributed by atoms with van der Waals surface area (Å²) in [5.41, 5.74) is 2.58. The number of benzene rings is 2. The molecule has 0 fully saturated rings. The Labute approximate surface area is 161 Å². The summed E-state index contributed by atoms with van der Waals surface area (Å²) >= 11 is 5.94. The van der Waals surface area contributed by atoms with E-state index in [0.717, 1.165) is 11.3 Å². The Morgan fingerprint density at radius 1 is 1.19 bits per heavy atom. The van der Waals surface area contributed by atoms with Gasteiger partial charge in [0.25, 0.3) is 0 Å². The number of hydrogen-bond acceptors (Lipinski definition) is 5. The van der Waals surface area contributed by atoms with Gasteiger partial charge in [0.1, 0.15) is 5.75 Å². The van der Waals surface area contributed by atoms with Gasteiger partial charge in [-0.1, -0.05) is 11.6 Å². The van der Waals surface area contributed by atoms with Crippen molar-refractivity contribution >= 4 is 34.9 Å². The third kappa shape index (κ3) is 4.11. The van der Waals surface area contributed by atoms with Crippen molar-refractivity contribution in [1.82, 2.24) is 0 Å². The fourth-order valence-corrected chi connectivity index (χ4v) is 3.16. The van der Waals surface area contributed by atoms with Gasteiger partial charge in [-0.25, -0.2) is 0 Å². The number of likely N-dealkylation sites (N-methyl/N-ethyl adjacent to an activating group) is 1. The van der Waals surface area contributed by atoms with Gasteiger partial charge in [0.15, 0.2) is 12.4 Å². The fourth-order valence-electron chi connectivity index (χ4n) is 2.96. The van der Waals surface area contributed by atoms with E-state index in [4.69, 9.17) is 21.1 Å². The highest BCUT2D eigenvalue weighted by Crippen LogP contribution is 2.28. The zero-order chi connectivity index (χ0) is 19.6. The van der Waals surface area contributed by atoms with Crippen LogP contribution in [-0.2, 0) is 27.2 Å². The Kier molecular flexibility index (Phi) is 5.46. The van der Waals surface area contributed by atoms with Gasteiger partial charge in [-0.05, 0) is 42.0 Å². The first-order chi connectivity index (χ1) is 12.9. The van der Waals surface area contributed by atoms with Crippen LogP contribution < -0.4 is 9.64 Å². The molecule has 0 saturated heterocycles. The Bertz CT molecular complexity index is 925. The molecule has 3 rings (SSSR count). The molecule has 1 aliphatic rings. The second-order valence-electron chi connectivity index (χ2n) is 6.19. The van der Waals surface area contributed by atoms with Gasteiger partial charge in [-0.3, -0.25) is 14.4 Å². The van der Waals surface area contributed by atoms with Gasteiger partial charge in [0, 0.05) is 28.9 Å². The number of rotatable bonds is 6. The van der Waals surface area contributed by atoms with Crippen molar-refractivity contribution in [2.45, 2.75) is 12.8 Å². The summed E-state index contributed by atoms with van der Waals surface area (Å²) in [6.45, 7) is -0.371. The molecule has 0 spiro atoms. The average molecular weight is 388 g/mol. The minimum atomic E-state index is -0.556. The molecule has 1 aliphatic heterocycles. The van der Waals surface area contributed by atoms with Crippen molar-refractivity contribution in [3.63, 3.8) is 0 Å². The first-order valence-corrected chi connectivity index (χ1v) is 8.67. The molecule has 0 radical (unpaired) electrons. The van der Waals surface area contributed by atoms with Crippen LogP contribution in [0.4, 0.5) is 5.69 Å². The highest BCUT2D eigenvalue weighted by atomic mass is 35.5. The van der Waals surface area contributed by atoms with E-state index in [0.29, 0.717) is 21.9 Å². The maximum atomic E-state index is 12.3. The SMILES string of the molecule is COc1ccc(Cl)cc1CC(=O)OCC(=O)c1ccc2c(c1)CC(=O)N2C. The summed E-state index contributed by atoms with van der Waals surface area (Å²) in [6, 6.07) is 9.98. The van der Waals surface area contributed by atoms with Crippen LogP contribution in [0.2, 0.25) is 5.02 Å². The number of Topliss-reactive ketones (excluding diaryl/α,β-unsaturated/α-hetero) is 1. The topological polar surface area (TPSA) is 72.9 Å². The number of fused-ring (bicyclic) bond motifs is 1. The predicted octanol–water partition coefficient (Wildman–Crippen LogP) is 2.84. The van der Waals surface area contributed by atoms with Crippen molar-refractivity contribution in [1.29, 1.82) is 0 Å². The zero-order valence-corrected chi connectivity index (χ0v) is 15.7. The summed E-state index contributed by atoms with van der Waals surface area (Å²) in [4.78, 5) is 37.7. The smallest absolute Gasteiger partial charge is 0.310 e. The molecule has 0 N–H and O–H groups in total. The molecular formula is C20H18ClNO5. The van der Waals surface area contributed by atoms with Gasteiger partial charge in [-0.15, -0.1) is 0 Å². The highest BCUT2D eigenvalue weighted by Gasteiger charge is 2.25. The molecule has 0 aliphatic carbocycles. The molecule has 27 heavy (non-hydrogen) atoms. The van der Waals surface area contributed by atoms with E-state index in [-0.39, 0.29) is 31.1 Å². The first-order valence-electron chi connectivity index (χ1n) is 8.29. The molecule has 1 heterocycles. The number of amides is 1. The van der Waals surface area contributed by atoms with Crippen molar-refractivity contribution in [2.24, 2.45) is 0 Å². The highest BCUT2D eigenvalue weighted by molar-refractivity contribution is 6.30. The summed E-state index contributed by atoms with van der Waals surface area (Å²) in [5.74, 6) is -0.377. The number of carbonyl (C=O) groups is 3. The van der Waals surface area contributed by atoms with Crippen molar-refractivity contribution in [3.8, 4) is 5.75 Å². The first kappa shape index (κ1) is 18.9. The predicted molar refractivity (Wildman–Crippen MR) is 101 cm³/mol. The van der Waals surface area contributed by atoms with Gasteiger partial charge in [0.2, 0.25) is 5.91 Å². The lowest BCUT2D eigenvalue weighted by Gasteiger charge is -2.11. The number of nitrogens with zero attached hydrogens (tertiary/aromatic N) is 1. The van der Waals surface area contributed by atoms with Crippen molar-refractivity contribution in [3.05, 3.63) is 58.1 Å². The molecule has 140 valence electrons. The van der Waals surface area contributed by atoms with E-state index in [9.17, 15) is 14.4 Å². The summed E-state index contributed by atoms with van der Waals surface area (Å²) < 4.78 is 10.3. The molecule has 0 unspecified atom stereocenters. The number of halogens is 1. The minimum Gasteiger partial charge on any atom is -0.496 e. The average Bonchev–Trinajstić information content (AvgIpc) is 2.93. The quantitative estimate of drug-likeness (QED) is 0.563. The molecule has 2 aromatic carbocycles. The van der Waals surface area contributed by atoms with E-state index in [2.05, 4.69) is 0 Å². The third-order valence-electron chi connectivity index (χ3n) is 4.42. The molecule has 1 amide bonds. The number of methoxy groups -OCH3 is 1. The van der Waals surface area contributed by atoms with E-state index in [1.807, 2.05) is 0 Å². The number of carbonyl (C=O) groups excluding carboxylic acids is 3. The van der Waals surface area contributed by atoms with Gasteiger partial charge in [0.05, 0.1) is 20.0 Å². The molecule has 0 atom stereocenters. The lowest BCUT2D eigenvalue weighted by Crippen LogP contribution is -2.20. The fraction of sp³-hybridized carbons (Fsp3) is 0.250. The summed E-state index contributed by atoms with van der Waals surface area (Å²) in [6.07, 6.45) is 0.210. The zero-order valence-electron chi connectivity index (χ0n) is 15.0. The molecule has 2 aromatic rings. The molecule has 7 heteroatoms. The van der Waals surface area contributed by atoms with Crippen LogP contribution in [0.5, 0.6) is 5.75 Å². The number of anilines is 1. The summed E-state index contributed by atoms with van der Waals surface area (Å²) in [5, 5.41) is 0.479. The van der Waals surface area contributed by atoms with E-state index >= 15 is 0 Å². The maximum Gasteiger partial charge on any atom is 0.310 e. The third-order valence-corrected chi connectivity index (χ3v) is 4.66. The summed E-state index contributed by atoms with van der Waals surface area (Å²) in [7, 11) is 3.19. The van der Waals surface area contributed by atoms with Gasteiger partial charge < -0.3 is 14.4 Å². The lowest BCUT2D eigenvalue weighted by atomic mass is 10.1. The van der Waals surface area contributed by atoms with Crippen LogP contribution >= 0.6 is 11.6 Å². The van der Waals surface area contributed by atoms with Crippen LogP contribution in [0.3, 0.4) is 0 Å². The Morgan fingerprint density at radius 2 is 1.96 bits per heavy atom. The van der Waals surface area contributed by atoms with E-state index < -0.39 is 5.97 Å². The normalized spacial score (nSPS) is 12.7. The second kappa shape index (κ2) is 7.80. The Morgan fingerprint density at radius 3 is 2.70 bits per heavy atom. The lowest BCUT2D eigenvalue weighted by molar-refractivity contribution is -0.141. The van der Waals surface area contributed by atoms with Crippen LogP contribution in [0.25, 0.3) is 0 Å². The molecule has 0 aromatic heterocycles. The van der Waals surface area contributed by atoms with E-state index in [1.54, 1.807) is 48.3 Å². The van der Waals surface area contributed by atoms with Crippen LogP contribution in [0.1, 0.15) is 21.5 Å². The number of hydrogen-bond donors (Lipinski definition) is 0. The van der Waals surface area contributed by atoms with Crippen LogP contribution in [0, 0.1) is 0 Å². The Hall–Kier alpha value is -2.86. The van der Waals surface area contributed by atoms with Crippen molar-refractivity contribution in [2.75, 3.05) is 25.7 Å². The monoisotopic (exact) mass is 387 g/mol. The minimum absolute atomic E-state index is 0.0171. The molecule has 0 saturated carbocycles. The number of ether oxygens (including phenoxy) is 2. The maximum absolute atomic E-state index is 12.3. The standard InChI is InChI=1S/C20H18ClNO5/c1-22-16-5-3-12(7-13(16)9-19(22)24)17(23)11-27-20(25)10-14-8-15(21)4-6-18(14)26-2/h3-8H,9-11H2,1-2H3. The molecule has 0 bridgehead atoms. The van der Waals surface area contributed by atoms with Crippen molar-refractivity contribution < 1.29 is 23.9 Å². The number of esters is 1. The van der Waals surface area contributed by atoms with Gasteiger partial charge >= 0.3 is 5.97 Å². The molecule has 6 nitrogen and oxygen atoms in total. The van der Waals surface area contributed by atoms with Crippen LogP contribution in [0.15, 0.2) is 36.4 Å². The molecular weight excluding hydrogens is 370 g/mol. The van der Waals surface area contributed by atoms with Crippen LogP contribution in [-0.4, -0.2) is 38.4 Å². The largest absolute Gasteiger partial charge is 0.496 e. The Balaban J connectivity index is 1.61. The van der Waals surface area contributed by atoms with Gasteiger partial charge in [-0.2, -0.15) is 0 Å². The number of ketones is 1.